The lowest BCUT2D eigenvalue weighted by Gasteiger charge is -2.34. The molecule has 1 atom stereocenters. The molecule has 0 aliphatic rings. The molecule has 4 heteroatoms. The average Bonchev–Trinajstić information content (AvgIpc) is 2.90. The number of benzene rings is 5. The average molecular weight is 464 g/mol. The number of hydrogen-bond donors (Lipinski definition) is 1. The normalized spacial score (nSPS) is 12.6. The topological polar surface area (TPSA) is 40.5 Å². The fourth-order valence-electron chi connectivity index (χ4n) is 4.53. The van der Waals surface area contributed by atoms with E-state index in [0.29, 0.717) is 10.6 Å². The van der Waals surface area contributed by atoms with Crippen molar-refractivity contribution in [3.63, 3.8) is 0 Å². The molecule has 0 bridgehead atoms. The van der Waals surface area contributed by atoms with E-state index in [-0.39, 0.29) is 6.54 Å². The summed E-state index contributed by atoms with van der Waals surface area (Å²) in [4.78, 5) is 0. The Hall–Kier alpha value is -3.49. The van der Waals surface area contributed by atoms with Gasteiger partial charge in [-0.05, 0) is 28.0 Å². The van der Waals surface area contributed by atoms with Crippen LogP contribution in [0.3, 0.4) is 0 Å². The minimum atomic E-state index is -3.35. The van der Waals surface area contributed by atoms with Gasteiger partial charge in [-0.15, -0.1) is 0 Å². The first-order chi connectivity index (χ1) is 16.7. The first-order valence-electron chi connectivity index (χ1n) is 11.4. The maximum absolute atomic E-state index is 15.3. The van der Waals surface area contributed by atoms with Crippen LogP contribution in [-0.2, 0) is 11.1 Å². The van der Waals surface area contributed by atoms with Crippen LogP contribution in [0.25, 0.3) is 10.8 Å². The molecule has 0 amide bonds. The Labute approximate surface area is 200 Å². The van der Waals surface area contributed by atoms with Crippen LogP contribution in [0.4, 0.5) is 0 Å². The second-order valence-corrected chi connectivity index (χ2v) is 11.2. The maximum atomic E-state index is 15.3. The Kier molecular flexibility index (Phi) is 6.42. The van der Waals surface area contributed by atoms with Gasteiger partial charge in [0, 0.05) is 10.6 Å². The molecule has 0 aliphatic carbocycles. The molecule has 0 fully saturated rings. The Morgan fingerprint density at radius 3 is 1.71 bits per heavy atom. The lowest BCUT2D eigenvalue weighted by Crippen LogP contribution is -2.32. The molecular weight excluding hydrogens is 437 g/mol. The van der Waals surface area contributed by atoms with Crippen LogP contribution in [0.1, 0.15) is 16.9 Å². The lowest BCUT2D eigenvalue weighted by molar-refractivity contribution is -0.114. The van der Waals surface area contributed by atoms with E-state index in [0.717, 1.165) is 21.9 Å². The van der Waals surface area contributed by atoms with Crippen molar-refractivity contribution in [3.05, 3.63) is 145 Å². The summed E-state index contributed by atoms with van der Waals surface area (Å²) in [5.41, 5.74) is 1.76. The summed E-state index contributed by atoms with van der Waals surface area (Å²) in [7, 11) is -3.35. The minimum absolute atomic E-state index is 0.252. The molecule has 1 unspecified atom stereocenters. The monoisotopic (exact) mass is 463 g/mol. The van der Waals surface area contributed by atoms with Crippen molar-refractivity contribution in [2.24, 2.45) is 0 Å². The van der Waals surface area contributed by atoms with E-state index in [2.05, 4.69) is 6.07 Å². The molecule has 5 rings (SSSR count). The number of hydrogen-bond acceptors (Lipinski definition) is 3. The second kappa shape index (κ2) is 9.79. The molecule has 0 radical (unpaired) electrons. The van der Waals surface area contributed by atoms with Crippen LogP contribution in [0, 0.1) is 0 Å². The van der Waals surface area contributed by atoms with Gasteiger partial charge in [-0.25, -0.2) is 0 Å². The van der Waals surface area contributed by atoms with E-state index in [4.69, 9.17) is 0 Å². The summed E-state index contributed by atoms with van der Waals surface area (Å²) in [6.07, 6.45) is 0. The van der Waals surface area contributed by atoms with E-state index in [1.165, 1.54) is 5.06 Å². The first-order valence-corrected chi connectivity index (χ1v) is 13.1. The van der Waals surface area contributed by atoms with Crippen LogP contribution in [0.15, 0.2) is 133 Å². The van der Waals surface area contributed by atoms with E-state index in [9.17, 15) is 5.21 Å². The molecule has 168 valence electrons. The summed E-state index contributed by atoms with van der Waals surface area (Å²) in [6, 6.07) is 43.0. The molecule has 5 aromatic rings. The lowest BCUT2D eigenvalue weighted by atomic mass is 10.1. The van der Waals surface area contributed by atoms with Gasteiger partial charge in [0.25, 0.3) is 0 Å². The van der Waals surface area contributed by atoms with Crippen molar-refractivity contribution >= 4 is 28.5 Å². The van der Waals surface area contributed by atoms with Gasteiger partial charge < -0.3 is 9.77 Å². The quantitative estimate of drug-likeness (QED) is 0.215. The molecule has 0 aromatic heterocycles. The largest absolute Gasteiger partial charge is 0.313 e. The maximum Gasteiger partial charge on any atom is 0.166 e. The fourth-order valence-corrected chi connectivity index (χ4v) is 7.66. The standard InChI is InChI=1S/C30H26NO2P/c32-31(23-24-12-4-1-5-13-24)30(27-21-20-25-14-10-11-15-26(25)22-27)34(33,28-16-6-2-7-17-28)29-18-8-3-9-19-29/h1-22,30,32H,23H2. The molecule has 1 N–H and O–H groups in total. The third-order valence-corrected chi connectivity index (χ3v) is 9.55. The van der Waals surface area contributed by atoms with Crippen molar-refractivity contribution in [3.8, 4) is 0 Å². The third kappa shape index (κ3) is 4.34. The van der Waals surface area contributed by atoms with Crippen molar-refractivity contribution in [2.45, 2.75) is 12.3 Å². The van der Waals surface area contributed by atoms with Crippen LogP contribution < -0.4 is 10.6 Å². The molecule has 3 nitrogen and oxygen atoms in total. The van der Waals surface area contributed by atoms with Gasteiger partial charge >= 0.3 is 0 Å². The smallest absolute Gasteiger partial charge is 0.166 e. The Morgan fingerprint density at radius 1 is 0.618 bits per heavy atom. The zero-order chi connectivity index (χ0) is 23.4. The van der Waals surface area contributed by atoms with Crippen molar-refractivity contribution in [2.75, 3.05) is 0 Å². The van der Waals surface area contributed by atoms with Gasteiger partial charge in [-0.2, -0.15) is 5.06 Å². The fraction of sp³-hybridized carbons (Fsp3) is 0.0667. The van der Waals surface area contributed by atoms with Gasteiger partial charge in [-0.3, -0.25) is 0 Å². The summed E-state index contributed by atoms with van der Waals surface area (Å²) in [5, 5.41) is 16.4. The zero-order valence-corrected chi connectivity index (χ0v) is 19.6. The molecule has 0 saturated carbocycles. The van der Waals surface area contributed by atoms with Crippen molar-refractivity contribution in [1.82, 2.24) is 5.06 Å². The van der Waals surface area contributed by atoms with Gasteiger partial charge in [-0.1, -0.05) is 127 Å². The van der Waals surface area contributed by atoms with Crippen molar-refractivity contribution in [1.29, 1.82) is 0 Å². The van der Waals surface area contributed by atoms with Crippen molar-refractivity contribution < 1.29 is 9.77 Å². The van der Waals surface area contributed by atoms with E-state index in [1.807, 2.05) is 127 Å². The number of fused-ring (bicyclic) bond motifs is 1. The highest BCUT2D eigenvalue weighted by molar-refractivity contribution is 7.78. The third-order valence-electron chi connectivity index (χ3n) is 6.17. The van der Waals surface area contributed by atoms with Gasteiger partial charge in [0.2, 0.25) is 0 Å². The van der Waals surface area contributed by atoms with Crippen LogP contribution >= 0.6 is 7.14 Å². The number of hydroxylamine groups is 2. The van der Waals surface area contributed by atoms with Crippen LogP contribution in [-0.4, -0.2) is 10.3 Å². The highest BCUT2D eigenvalue weighted by Crippen LogP contribution is 2.58. The SMILES string of the molecule is O=P(c1ccccc1)(c1ccccc1)C(c1ccc2ccccc2c1)N(O)Cc1ccccc1. The molecule has 0 aliphatic heterocycles. The Morgan fingerprint density at radius 2 is 1.12 bits per heavy atom. The molecule has 0 spiro atoms. The molecule has 0 saturated heterocycles. The first kappa shape index (κ1) is 22.3. The predicted molar refractivity (Wildman–Crippen MR) is 140 cm³/mol. The second-order valence-electron chi connectivity index (χ2n) is 8.39. The number of rotatable bonds is 7. The molecule has 0 heterocycles. The molecule has 5 aromatic carbocycles. The Balaban J connectivity index is 1.73. The Bertz CT molecular complexity index is 1380. The number of nitrogens with zero attached hydrogens (tertiary/aromatic N) is 1. The van der Waals surface area contributed by atoms with Gasteiger partial charge in [0.1, 0.15) is 5.78 Å². The summed E-state index contributed by atoms with van der Waals surface area (Å²) in [6.45, 7) is 0.252. The predicted octanol–water partition coefficient (Wildman–Crippen LogP) is 6.74. The van der Waals surface area contributed by atoms with E-state index >= 15 is 4.57 Å². The van der Waals surface area contributed by atoms with Crippen LogP contribution in [0.2, 0.25) is 0 Å². The molecular formula is C30H26NO2P. The zero-order valence-electron chi connectivity index (χ0n) is 18.7. The minimum Gasteiger partial charge on any atom is -0.313 e. The molecule has 34 heavy (non-hydrogen) atoms. The van der Waals surface area contributed by atoms with Crippen LogP contribution in [0.5, 0.6) is 0 Å². The van der Waals surface area contributed by atoms with E-state index in [1.54, 1.807) is 0 Å². The summed E-state index contributed by atoms with van der Waals surface area (Å²) < 4.78 is 15.3. The van der Waals surface area contributed by atoms with Gasteiger partial charge in [0.15, 0.2) is 7.14 Å². The highest BCUT2D eigenvalue weighted by Gasteiger charge is 2.41. The highest BCUT2D eigenvalue weighted by atomic mass is 31.2. The summed E-state index contributed by atoms with van der Waals surface area (Å²) >= 11 is 0. The summed E-state index contributed by atoms with van der Waals surface area (Å²) in [5.74, 6) is -0.762. The van der Waals surface area contributed by atoms with Gasteiger partial charge in [0.05, 0.1) is 6.54 Å². The van der Waals surface area contributed by atoms with E-state index < -0.39 is 12.9 Å².